The molecule has 5 heterocycles. The van der Waals surface area contributed by atoms with Crippen LogP contribution < -0.4 is 14.4 Å². The highest BCUT2D eigenvalue weighted by atomic mass is 16.6. The predicted molar refractivity (Wildman–Crippen MR) is 110 cm³/mol. The molecule has 8 nitrogen and oxygen atoms in total. The van der Waals surface area contributed by atoms with Gasteiger partial charge in [0.1, 0.15) is 5.54 Å². The first-order chi connectivity index (χ1) is 15.0. The Morgan fingerprint density at radius 3 is 2.65 bits per heavy atom. The van der Waals surface area contributed by atoms with Crippen molar-refractivity contribution in [2.24, 2.45) is 5.92 Å². The summed E-state index contributed by atoms with van der Waals surface area (Å²) in [5.74, 6) is 0.410. The van der Waals surface area contributed by atoms with E-state index in [0.29, 0.717) is 36.4 Å². The third kappa shape index (κ3) is 1.96. The van der Waals surface area contributed by atoms with E-state index in [1.807, 2.05) is 12.1 Å². The average Bonchev–Trinajstić information content (AvgIpc) is 3.34. The lowest BCUT2D eigenvalue weighted by Gasteiger charge is -2.56. The Balaban J connectivity index is 1.64. The van der Waals surface area contributed by atoms with E-state index in [1.54, 1.807) is 19.1 Å². The minimum absolute atomic E-state index is 0.141. The van der Waals surface area contributed by atoms with Crippen LogP contribution in [-0.4, -0.2) is 62.5 Å². The van der Waals surface area contributed by atoms with E-state index in [4.69, 9.17) is 18.9 Å². The Kier molecular flexibility index (Phi) is 3.64. The Hall–Kier alpha value is -2.74. The molecule has 3 saturated heterocycles. The molecule has 4 fully saturated rings. The van der Waals surface area contributed by atoms with Crippen molar-refractivity contribution < 1.29 is 28.5 Å². The molecule has 4 atom stereocenters. The van der Waals surface area contributed by atoms with Gasteiger partial charge in [0.2, 0.25) is 0 Å². The van der Waals surface area contributed by atoms with Gasteiger partial charge in [-0.25, -0.2) is 4.79 Å². The van der Waals surface area contributed by atoms with E-state index in [2.05, 4.69) is 17.1 Å². The fraction of sp³-hybridized carbons (Fsp3) is 0.565. The van der Waals surface area contributed by atoms with Crippen LogP contribution in [-0.2, 0) is 19.9 Å². The number of amides is 1. The molecule has 1 amide bonds. The van der Waals surface area contributed by atoms with Crippen molar-refractivity contribution in [2.75, 3.05) is 39.3 Å². The lowest BCUT2D eigenvalue weighted by molar-refractivity contribution is -0.152. The van der Waals surface area contributed by atoms with Gasteiger partial charge < -0.3 is 18.9 Å². The number of hydrogen-bond acceptors (Lipinski definition) is 7. The van der Waals surface area contributed by atoms with Crippen molar-refractivity contribution in [3.63, 3.8) is 0 Å². The van der Waals surface area contributed by atoms with E-state index in [-0.39, 0.29) is 11.5 Å². The van der Waals surface area contributed by atoms with Crippen LogP contribution in [0.2, 0.25) is 0 Å². The molecule has 5 aliphatic heterocycles. The van der Waals surface area contributed by atoms with Gasteiger partial charge in [-0.05, 0) is 25.3 Å². The quantitative estimate of drug-likeness (QED) is 0.531. The zero-order chi connectivity index (χ0) is 21.6. The van der Waals surface area contributed by atoms with Gasteiger partial charge in [0.05, 0.1) is 32.9 Å². The minimum atomic E-state index is -0.938. The highest BCUT2D eigenvalue weighted by Gasteiger charge is 2.78. The second-order valence-electron chi connectivity index (χ2n) is 9.16. The van der Waals surface area contributed by atoms with E-state index >= 15 is 0 Å². The van der Waals surface area contributed by atoms with E-state index in [0.717, 1.165) is 25.1 Å². The zero-order valence-corrected chi connectivity index (χ0v) is 18.0. The number of methoxy groups -OCH3 is 3. The van der Waals surface area contributed by atoms with E-state index in [1.165, 1.54) is 7.11 Å². The van der Waals surface area contributed by atoms with Crippen LogP contribution in [0, 0.1) is 5.92 Å². The predicted octanol–water partition coefficient (Wildman–Crippen LogP) is 2.60. The molecule has 8 heteroatoms. The third-order valence-electron chi connectivity index (χ3n) is 8.38. The first kappa shape index (κ1) is 19.0. The number of rotatable bonds is 2. The van der Waals surface area contributed by atoms with Gasteiger partial charge in [0.25, 0.3) is 0 Å². The lowest BCUT2D eigenvalue weighted by Crippen LogP contribution is -2.68. The molecule has 0 aromatic heterocycles. The van der Waals surface area contributed by atoms with E-state index in [9.17, 15) is 9.59 Å². The molecular weight excluding hydrogens is 400 g/mol. The van der Waals surface area contributed by atoms with Gasteiger partial charge in [0.15, 0.2) is 17.1 Å². The summed E-state index contributed by atoms with van der Waals surface area (Å²) in [7, 11) is 4.53. The first-order valence-electron chi connectivity index (χ1n) is 10.8. The number of carbonyl (C=O) groups is 2. The molecule has 2 spiro atoms. The molecule has 1 aliphatic carbocycles. The monoisotopic (exact) mass is 426 g/mol. The van der Waals surface area contributed by atoms with Crippen molar-refractivity contribution in [3.05, 3.63) is 29.8 Å². The summed E-state index contributed by atoms with van der Waals surface area (Å²) < 4.78 is 22.7. The van der Waals surface area contributed by atoms with Gasteiger partial charge in [-0.3, -0.25) is 14.6 Å². The number of hydrogen-bond donors (Lipinski definition) is 0. The molecule has 164 valence electrons. The molecule has 0 unspecified atom stereocenters. The molecule has 1 aromatic rings. The second kappa shape index (κ2) is 5.94. The minimum Gasteiger partial charge on any atom is -0.493 e. The molecule has 4 bridgehead atoms. The Bertz CT molecular complexity index is 1040. The van der Waals surface area contributed by atoms with Crippen molar-refractivity contribution in [2.45, 2.75) is 42.4 Å². The average molecular weight is 426 g/mol. The number of nitrogens with zero attached hydrogens (tertiary/aromatic N) is 2. The number of esters is 1. The maximum atomic E-state index is 13.4. The van der Waals surface area contributed by atoms with Crippen LogP contribution >= 0.6 is 0 Å². The molecule has 1 aromatic carbocycles. The molecule has 1 saturated carbocycles. The Morgan fingerprint density at radius 2 is 1.90 bits per heavy atom. The maximum Gasteiger partial charge on any atom is 0.414 e. The van der Waals surface area contributed by atoms with Crippen LogP contribution in [0.5, 0.6) is 11.5 Å². The molecule has 0 N–H and O–H groups in total. The number of carbonyl (C=O) groups excluding carboxylic acids is 2. The standard InChI is InChI=1S/C23H26N2O6/c1-28-17-11-14-16(12-18(17)29-2)25(20(27)30-3)22-7-6-21-5-4-9-24(21)10-8-23(14,22)31-19(26)15(22)13-21/h4-5,11-12,15H,6-10,13H2,1-3H3/t15-,21-,22-,23-/m1/s1. The van der Waals surface area contributed by atoms with Crippen molar-refractivity contribution >= 4 is 17.7 Å². The molecule has 7 rings (SSSR count). The van der Waals surface area contributed by atoms with Gasteiger partial charge in [-0.1, -0.05) is 12.2 Å². The summed E-state index contributed by atoms with van der Waals surface area (Å²) in [6.07, 6.45) is 6.74. The third-order valence-corrected chi connectivity index (χ3v) is 8.38. The van der Waals surface area contributed by atoms with Gasteiger partial charge in [0, 0.05) is 36.7 Å². The number of ether oxygens (including phenoxy) is 4. The Morgan fingerprint density at radius 1 is 1.13 bits per heavy atom. The normalized spacial score (nSPS) is 36.9. The van der Waals surface area contributed by atoms with Crippen LogP contribution in [0.15, 0.2) is 24.3 Å². The van der Waals surface area contributed by atoms with Crippen LogP contribution in [0.25, 0.3) is 0 Å². The summed E-state index contributed by atoms with van der Waals surface area (Å²) in [6, 6.07) is 3.69. The topological polar surface area (TPSA) is 77.5 Å². The molecule has 6 aliphatic rings. The molecular formula is C23H26N2O6. The van der Waals surface area contributed by atoms with Crippen LogP contribution in [0.3, 0.4) is 0 Å². The highest BCUT2D eigenvalue weighted by molar-refractivity contribution is 5.98. The smallest absolute Gasteiger partial charge is 0.414 e. The molecule has 31 heavy (non-hydrogen) atoms. The van der Waals surface area contributed by atoms with Crippen molar-refractivity contribution in [1.29, 1.82) is 0 Å². The SMILES string of the molecule is COC(=O)N1c2cc(OC)c(OC)cc2[C@]23CCN4CC=C[C@]45CC[C@]12[C@H](C5)C(=O)O3. The fourth-order valence-corrected chi connectivity index (χ4v) is 7.11. The fourth-order valence-electron chi connectivity index (χ4n) is 7.11. The number of fused-ring (bicyclic) bond motifs is 3. The maximum absolute atomic E-state index is 13.4. The van der Waals surface area contributed by atoms with Gasteiger partial charge in [-0.15, -0.1) is 0 Å². The lowest BCUT2D eigenvalue weighted by atomic mass is 9.58. The zero-order valence-electron chi connectivity index (χ0n) is 18.0. The summed E-state index contributed by atoms with van der Waals surface area (Å²) in [6.45, 7) is 1.65. The summed E-state index contributed by atoms with van der Waals surface area (Å²) in [4.78, 5) is 30.8. The number of benzene rings is 1. The second-order valence-corrected chi connectivity index (χ2v) is 9.16. The van der Waals surface area contributed by atoms with E-state index < -0.39 is 23.2 Å². The van der Waals surface area contributed by atoms with Gasteiger partial charge in [-0.2, -0.15) is 0 Å². The van der Waals surface area contributed by atoms with Crippen LogP contribution in [0.4, 0.5) is 10.5 Å². The molecule has 0 radical (unpaired) electrons. The number of anilines is 1. The van der Waals surface area contributed by atoms with Crippen molar-refractivity contribution in [3.8, 4) is 11.5 Å². The summed E-state index contributed by atoms with van der Waals surface area (Å²) >= 11 is 0. The first-order valence-corrected chi connectivity index (χ1v) is 10.8. The van der Waals surface area contributed by atoms with Crippen molar-refractivity contribution in [1.82, 2.24) is 4.90 Å². The van der Waals surface area contributed by atoms with Crippen LogP contribution in [0.1, 0.15) is 31.2 Å². The Labute approximate surface area is 180 Å². The van der Waals surface area contributed by atoms with Gasteiger partial charge >= 0.3 is 12.1 Å². The summed E-state index contributed by atoms with van der Waals surface area (Å²) in [5.41, 5.74) is -0.418. The summed E-state index contributed by atoms with van der Waals surface area (Å²) in [5, 5.41) is 0. The largest absolute Gasteiger partial charge is 0.493 e. The highest BCUT2D eigenvalue weighted by Crippen LogP contribution is 2.69.